The number of carbonyl (C=O) groups excluding carboxylic acids is 3. The Kier molecular flexibility index (Phi) is 8.89. The molecule has 4 amide bonds. The van der Waals surface area contributed by atoms with Gasteiger partial charge in [-0.1, -0.05) is 25.1 Å². The molecule has 0 saturated heterocycles. The Hall–Kier alpha value is -3.59. The van der Waals surface area contributed by atoms with Gasteiger partial charge < -0.3 is 29.9 Å². The summed E-state index contributed by atoms with van der Waals surface area (Å²) in [6, 6.07) is 13.5. The summed E-state index contributed by atoms with van der Waals surface area (Å²) < 4.78 is 11.9. The van der Waals surface area contributed by atoms with Gasteiger partial charge in [0.15, 0.2) is 0 Å². The fourth-order valence-electron chi connectivity index (χ4n) is 4.70. The Morgan fingerprint density at radius 1 is 1.03 bits per heavy atom. The first-order chi connectivity index (χ1) is 18.2. The van der Waals surface area contributed by atoms with Gasteiger partial charge in [-0.3, -0.25) is 9.59 Å². The SMILES string of the molecule is CO[C@H]1CN(C)C(=O)c2cc(NC(=O)Nc3ccccc3)ccc2OC[C@H](C)N(C(=O)CC2CC2)C[C@@H]1C. The molecule has 1 aliphatic carbocycles. The van der Waals surface area contributed by atoms with Crippen LogP contribution in [0.15, 0.2) is 48.5 Å². The molecule has 9 nitrogen and oxygen atoms in total. The Balaban J connectivity index is 1.57. The highest BCUT2D eigenvalue weighted by atomic mass is 16.5. The van der Waals surface area contributed by atoms with Crippen molar-refractivity contribution in [2.75, 3.05) is 44.5 Å². The number of carbonyl (C=O) groups is 3. The molecular formula is C29H38N4O5. The van der Waals surface area contributed by atoms with E-state index in [4.69, 9.17) is 9.47 Å². The minimum absolute atomic E-state index is 0.00873. The van der Waals surface area contributed by atoms with Crippen LogP contribution >= 0.6 is 0 Å². The van der Waals surface area contributed by atoms with Gasteiger partial charge in [-0.2, -0.15) is 0 Å². The number of nitrogens with zero attached hydrogens (tertiary/aromatic N) is 2. The highest BCUT2D eigenvalue weighted by molar-refractivity contribution is 6.02. The molecule has 1 heterocycles. The van der Waals surface area contributed by atoms with E-state index in [-0.39, 0.29) is 36.5 Å². The van der Waals surface area contributed by atoms with Crippen LogP contribution < -0.4 is 15.4 Å². The van der Waals surface area contributed by atoms with Gasteiger partial charge in [-0.05, 0) is 56.0 Å². The zero-order valence-corrected chi connectivity index (χ0v) is 22.6. The highest BCUT2D eigenvalue weighted by Crippen LogP contribution is 2.33. The molecule has 2 aromatic carbocycles. The molecule has 38 heavy (non-hydrogen) atoms. The van der Waals surface area contributed by atoms with Gasteiger partial charge in [-0.15, -0.1) is 0 Å². The van der Waals surface area contributed by atoms with Crippen LogP contribution in [0.3, 0.4) is 0 Å². The first-order valence-electron chi connectivity index (χ1n) is 13.2. The number of benzene rings is 2. The van der Waals surface area contributed by atoms with Crippen LogP contribution in [0.5, 0.6) is 5.75 Å². The van der Waals surface area contributed by atoms with Crippen LogP contribution in [0.1, 0.15) is 43.5 Å². The molecular weight excluding hydrogens is 484 g/mol. The molecule has 0 radical (unpaired) electrons. The zero-order valence-electron chi connectivity index (χ0n) is 22.6. The van der Waals surface area contributed by atoms with Gasteiger partial charge in [0.1, 0.15) is 12.4 Å². The summed E-state index contributed by atoms with van der Waals surface area (Å²) in [5.41, 5.74) is 1.45. The Morgan fingerprint density at radius 3 is 2.42 bits per heavy atom. The number of ether oxygens (including phenoxy) is 2. The van der Waals surface area contributed by atoms with E-state index in [9.17, 15) is 14.4 Å². The number of hydrogen-bond acceptors (Lipinski definition) is 5. The second-order valence-electron chi connectivity index (χ2n) is 10.4. The number of rotatable bonds is 5. The van der Waals surface area contributed by atoms with E-state index < -0.39 is 6.03 Å². The molecule has 2 aliphatic rings. The number of methoxy groups -OCH3 is 1. The quantitative estimate of drug-likeness (QED) is 0.604. The van der Waals surface area contributed by atoms with Gasteiger partial charge in [0.25, 0.3) is 5.91 Å². The molecule has 2 N–H and O–H groups in total. The summed E-state index contributed by atoms with van der Waals surface area (Å²) in [6.45, 7) is 5.14. The third-order valence-electron chi connectivity index (χ3n) is 7.21. The lowest BCUT2D eigenvalue weighted by atomic mass is 10.0. The van der Waals surface area contributed by atoms with Crippen LogP contribution in [0.2, 0.25) is 0 Å². The van der Waals surface area contributed by atoms with E-state index >= 15 is 0 Å². The van der Waals surface area contributed by atoms with Crippen LogP contribution in [0.25, 0.3) is 0 Å². The van der Waals surface area contributed by atoms with Crippen LogP contribution in [0.4, 0.5) is 16.2 Å². The fraction of sp³-hybridized carbons (Fsp3) is 0.483. The van der Waals surface area contributed by atoms with Crippen molar-refractivity contribution in [3.63, 3.8) is 0 Å². The first-order valence-corrected chi connectivity index (χ1v) is 13.2. The lowest BCUT2D eigenvalue weighted by molar-refractivity contribution is -0.135. The number of fused-ring (bicyclic) bond motifs is 1. The number of nitrogens with one attached hydrogen (secondary N) is 2. The van der Waals surface area contributed by atoms with Gasteiger partial charge in [-0.25, -0.2) is 4.79 Å². The van der Waals surface area contributed by atoms with E-state index in [0.29, 0.717) is 48.1 Å². The van der Waals surface area contributed by atoms with Crippen molar-refractivity contribution >= 4 is 29.2 Å². The van der Waals surface area contributed by atoms with Gasteiger partial charge in [0.2, 0.25) is 5.91 Å². The maximum absolute atomic E-state index is 13.5. The maximum atomic E-state index is 13.5. The van der Waals surface area contributed by atoms with Crippen molar-refractivity contribution in [3.05, 3.63) is 54.1 Å². The maximum Gasteiger partial charge on any atom is 0.323 e. The third kappa shape index (κ3) is 7.04. The molecule has 204 valence electrons. The topological polar surface area (TPSA) is 100 Å². The van der Waals surface area contributed by atoms with Crippen LogP contribution in [-0.2, 0) is 9.53 Å². The minimum atomic E-state index is -0.419. The number of likely N-dealkylation sites (N-methyl/N-ethyl adjacent to an activating group) is 1. The van der Waals surface area contributed by atoms with E-state index in [1.807, 2.05) is 36.9 Å². The van der Waals surface area contributed by atoms with Crippen molar-refractivity contribution in [2.24, 2.45) is 11.8 Å². The summed E-state index contributed by atoms with van der Waals surface area (Å²) in [5, 5.41) is 5.56. The van der Waals surface area contributed by atoms with Crippen molar-refractivity contribution in [1.29, 1.82) is 0 Å². The van der Waals surface area contributed by atoms with Gasteiger partial charge in [0.05, 0.1) is 17.7 Å². The molecule has 4 rings (SSSR count). The molecule has 0 aromatic heterocycles. The predicted molar refractivity (Wildman–Crippen MR) is 146 cm³/mol. The second kappa shape index (κ2) is 12.3. The molecule has 9 heteroatoms. The fourth-order valence-corrected chi connectivity index (χ4v) is 4.70. The molecule has 1 fully saturated rings. The van der Waals surface area contributed by atoms with E-state index in [2.05, 4.69) is 10.6 Å². The van der Waals surface area contributed by atoms with Crippen molar-refractivity contribution in [1.82, 2.24) is 9.80 Å². The molecule has 0 spiro atoms. The first kappa shape index (κ1) is 27.4. The Labute approximate surface area is 224 Å². The Morgan fingerprint density at radius 2 is 1.74 bits per heavy atom. The predicted octanol–water partition coefficient (Wildman–Crippen LogP) is 4.46. The number of hydrogen-bond donors (Lipinski definition) is 2. The smallest absolute Gasteiger partial charge is 0.323 e. The summed E-state index contributed by atoms with van der Waals surface area (Å²) in [6.07, 6.45) is 2.53. The molecule has 2 aromatic rings. The van der Waals surface area contributed by atoms with Crippen molar-refractivity contribution in [2.45, 2.75) is 45.3 Å². The van der Waals surface area contributed by atoms with Crippen molar-refractivity contribution in [3.8, 4) is 5.75 Å². The van der Waals surface area contributed by atoms with Gasteiger partial charge >= 0.3 is 6.03 Å². The summed E-state index contributed by atoms with van der Waals surface area (Å²) in [4.78, 5) is 42.8. The molecule has 0 unspecified atom stereocenters. The summed E-state index contributed by atoms with van der Waals surface area (Å²) >= 11 is 0. The zero-order chi connectivity index (χ0) is 27.2. The summed E-state index contributed by atoms with van der Waals surface area (Å²) in [5.74, 6) is 0.793. The number of urea groups is 1. The molecule has 1 aliphatic heterocycles. The molecule has 1 saturated carbocycles. The lowest BCUT2D eigenvalue weighted by Gasteiger charge is -2.36. The van der Waals surface area contributed by atoms with Gasteiger partial charge in [0, 0.05) is 51.0 Å². The number of para-hydroxylation sites is 1. The Bertz CT molecular complexity index is 1140. The van der Waals surface area contributed by atoms with E-state index in [1.54, 1.807) is 49.4 Å². The molecule has 3 atom stereocenters. The number of anilines is 2. The number of amides is 4. The average molecular weight is 523 g/mol. The molecule has 0 bridgehead atoms. The monoisotopic (exact) mass is 522 g/mol. The third-order valence-corrected chi connectivity index (χ3v) is 7.21. The van der Waals surface area contributed by atoms with Crippen molar-refractivity contribution < 1.29 is 23.9 Å². The van der Waals surface area contributed by atoms with E-state index in [1.165, 1.54) is 0 Å². The van der Waals surface area contributed by atoms with E-state index in [0.717, 1.165) is 12.8 Å². The average Bonchev–Trinajstić information content (AvgIpc) is 3.72. The lowest BCUT2D eigenvalue weighted by Crippen LogP contribution is -2.48. The minimum Gasteiger partial charge on any atom is -0.491 e. The standard InChI is InChI=1S/C29H38N4O5/c1-19-16-33(27(34)14-21-10-11-21)20(2)18-38-25-13-12-23(31-29(36)30-22-8-6-5-7-9-22)15-24(25)28(35)32(3)17-26(19)37-4/h5-9,12-13,15,19-21,26H,10-11,14,16-18H2,1-4H3,(H2,30,31,36)/t19-,20-,26-/m0/s1. The van der Waals surface area contributed by atoms with Crippen LogP contribution in [0, 0.1) is 11.8 Å². The highest BCUT2D eigenvalue weighted by Gasteiger charge is 2.33. The second-order valence-corrected chi connectivity index (χ2v) is 10.4. The summed E-state index contributed by atoms with van der Waals surface area (Å²) in [7, 11) is 3.35. The largest absolute Gasteiger partial charge is 0.491 e. The van der Waals surface area contributed by atoms with Crippen LogP contribution in [-0.4, -0.2) is 73.6 Å². The normalized spacial score (nSPS) is 22.4.